The third kappa shape index (κ3) is 3.26. The molecule has 1 aromatic rings. The van der Waals surface area contributed by atoms with Crippen molar-refractivity contribution in [2.45, 2.75) is 50.7 Å². The third-order valence-electron chi connectivity index (χ3n) is 3.50. The molecule has 2 rings (SSSR count). The van der Waals surface area contributed by atoms with E-state index in [1.807, 2.05) is 4.68 Å². The summed E-state index contributed by atoms with van der Waals surface area (Å²) >= 11 is 0. The second-order valence-electron chi connectivity index (χ2n) is 4.76. The SMILES string of the molecule is COC1CCCC(n2cc(CCCN)nn2)C1. The Morgan fingerprint density at radius 2 is 2.41 bits per heavy atom. The van der Waals surface area contributed by atoms with E-state index in [1.54, 1.807) is 7.11 Å². The van der Waals surface area contributed by atoms with Crippen LogP contribution in [0.25, 0.3) is 0 Å². The molecule has 0 saturated heterocycles. The Hall–Kier alpha value is -0.940. The summed E-state index contributed by atoms with van der Waals surface area (Å²) in [5.41, 5.74) is 6.54. The molecular formula is C12H22N4O. The minimum Gasteiger partial charge on any atom is -0.381 e. The number of nitrogens with zero attached hydrogens (tertiary/aromatic N) is 3. The molecule has 17 heavy (non-hydrogen) atoms. The summed E-state index contributed by atoms with van der Waals surface area (Å²) in [7, 11) is 1.79. The maximum atomic E-state index is 5.49. The smallest absolute Gasteiger partial charge is 0.0827 e. The van der Waals surface area contributed by atoms with Gasteiger partial charge in [-0.2, -0.15) is 0 Å². The van der Waals surface area contributed by atoms with Crippen molar-refractivity contribution in [2.75, 3.05) is 13.7 Å². The maximum Gasteiger partial charge on any atom is 0.0827 e. The van der Waals surface area contributed by atoms with Crippen LogP contribution in [0, 0.1) is 0 Å². The Kier molecular flexibility index (Phi) is 4.50. The molecule has 2 N–H and O–H groups in total. The average Bonchev–Trinajstić information content (AvgIpc) is 2.85. The molecule has 0 spiro atoms. The monoisotopic (exact) mass is 238 g/mol. The molecule has 96 valence electrons. The topological polar surface area (TPSA) is 66.0 Å². The van der Waals surface area contributed by atoms with Crippen LogP contribution in [0.15, 0.2) is 6.20 Å². The number of aromatic nitrogens is 3. The molecule has 0 aliphatic heterocycles. The number of methoxy groups -OCH3 is 1. The molecule has 1 heterocycles. The van der Waals surface area contributed by atoms with E-state index >= 15 is 0 Å². The summed E-state index contributed by atoms with van der Waals surface area (Å²) in [5.74, 6) is 0. The molecule has 2 unspecified atom stereocenters. The first kappa shape index (κ1) is 12.5. The van der Waals surface area contributed by atoms with Crippen molar-refractivity contribution >= 4 is 0 Å². The van der Waals surface area contributed by atoms with Crippen LogP contribution in [-0.2, 0) is 11.2 Å². The molecule has 0 bridgehead atoms. The molecule has 5 nitrogen and oxygen atoms in total. The fraction of sp³-hybridized carbons (Fsp3) is 0.833. The Labute approximate surface area is 102 Å². The molecule has 1 saturated carbocycles. The predicted molar refractivity (Wildman–Crippen MR) is 65.7 cm³/mol. The van der Waals surface area contributed by atoms with E-state index in [4.69, 9.17) is 10.5 Å². The average molecular weight is 238 g/mol. The van der Waals surface area contributed by atoms with Crippen molar-refractivity contribution in [1.82, 2.24) is 15.0 Å². The van der Waals surface area contributed by atoms with Gasteiger partial charge in [0.2, 0.25) is 0 Å². The Bertz CT molecular complexity index is 339. The van der Waals surface area contributed by atoms with Crippen LogP contribution in [0.4, 0.5) is 0 Å². The second-order valence-corrected chi connectivity index (χ2v) is 4.76. The maximum absolute atomic E-state index is 5.49. The Morgan fingerprint density at radius 3 is 3.18 bits per heavy atom. The minimum absolute atomic E-state index is 0.380. The first-order valence-corrected chi connectivity index (χ1v) is 6.47. The van der Waals surface area contributed by atoms with Gasteiger partial charge in [0.25, 0.3) is 0 Å². The highest BCUT2D eigenvalue weighted by Crippen LogP contribution is 2.29. The van der Waals surface area contributed by atoms with Crippen molar-refractivity contribution < 1.29 is 4.74 Å². The standard InChI is InChI=1S/C12H22N4O/c1-17-12-6-2-5-11(8-12)16-9-10(14-15-16)4-3-7-13/h9,11-12H,2-8,13H2,1H3. The van der Waals surface area contributed by atoms with Crippen molar-refractivity contribution in [3.63, 3.8) is 0 Å². The number of hydrogen-bond acceptors (Lipinski definition) is 4. The molecule has 1 aliphatic carbocycles. The number of hydrogen-bond donors (Lipinski definition) is 1. The summed E-state index contributed by atoms with van der Waals surface area (Å²) in [4.78, 5) is 0. The van der Waals surface area contributed by atoms with Gasteiger partial charge in [0, 0.05) is 13.3 Å². The largest absolute Gasteiger partial charge is 0.381 e. The van der Waals surface area contributed by atoms with Crippen LogP contribution in [0.3, 0.4) is 0 Å². The van der Waals surface area contributed by atoms with Crippen LogP contribution in [0.5, 0.6) is 0 Å². The summed E-state index contributed by atoms with van der Waals surface area (Å²) in [5, 5.41) is 8.43. The highest BCUT2D eigenvalue weighted by atomic mass is 16.5. The number of ether oxygens (including phenoxy) is 1. The zero-order valence-electron chi connectivity index (χ0n) is 10.5. The van der Waals surface area contributed by atoms with Gasteiger partial charge in [-0.05, 0) is 45.1 Å². The number of rotatable bonds is 5. The van der Waals surface area contributed by atoms with Crippen LogP contribution >= 0.6 is 0 Å². The molecular weight excluding hydrogens is 216 g/mol. The van der Waals surface area contributed by atoms with Gasteiger partial charge < -0.3 is 10.5 Å². The van der Waals surface area contributed by atoms with E-state index in [9.17, 15) is 0 Å². The Balaban J connectivity index is 1.94. The van der Waals surface area contributed by atoms with Gasteiger partial charge >= 0.3 is 0 Å². The molecule has 1 aromatic heterocycles. The summed E-state index contributed by atoms with van der Waals surface area (Å²) in [6, 6.07) is 0.452. The molecule has 0 amide bonds. The van der Waals surface area contributed by atoms with E-state index in [0.29, 0.717) is 18.7 Å². The van der Waals surface area contributed by atoms with Gasteiger partial charge in [-0.25, -0.2) is 4.68 Å². The number of aryl methyl sites for hydroxylation is 1. The van der Waals surface area contributed by atoms with Gasteiger partial charge in [-0.3, -0.25) is 0 Å². The molecule has 1 aliphatic rings. The lowest BCUT2D eigenvalue weighted by Gasteiger charge is -2.27. The highest BCUT2D eigenvalue weighted by molar-refractivity contribution is 4.94. The summed E-state index contributed by atoms with van der Waals surface area (Å²) in [6.45, 7) is 0.710. The van der Waals surface area contributed by atoms with Gasteiger partial charge in [-0.15, -0.1) is 5.10 Å². The zero-order valence-corrected chi connectivity index (χ0v) is 10.5. The highest BCUT2D eigenvalue weighted by Gasteiger charge is 2.23. The predicted octanol–water partition coefficient (Wildman–Crippen LogP) is 1.30. The van der Waals surface area contributed by atoms with Crippen molar-refractivity contribution in [1.29, 1.82) is 0 Å². The lowest BCUT2D eigenvalue weighted by atomic mass is 9.93. The fourth-order valence-corrected chi connectivity index (χ4v) is 2.46. The van der Waals surface area contributed by atoms with E-state index in [1.165, 1.54) is 19.3 Å². The van der Waals surface area contributed by atoms with Gasteiger partial charge in [0.15, 0.2) is 0 Å². The molecule has 5 heteroatoms. The van der Waals surface area contributed by atoms with Crippen molar-refractivity contribution in [3.05, 3.63) is 11.9 Å². The van der Waals surface area contributed by atoms with Crippen LogP contribution < -0.4 is 5.73 Å². The minimum atomic E-state index is 0.380. The van der Waals surface area contributed by atoms with E-state index in [2.05, 4.69) is 16.5 Å². The first-order chi connectivity index (χ1) is 8.33. The summed E-state index contributed by atoms with van der Waals surface area (Å²) in [6.07, 6.45) is 8.96. The number of nitrogens with two attached hydrogens (primary N) is 1. The normalized spacial score (nSPS) is 25.1. The van der Waals surface area contributed by atoms with E-state index in [-0.39, 0.29) is 0 Å². The third-order valence-corrected chi connectivity index (χ3v) is 3.50. The van der Waals surface area contributed by atoms with Crippen LogP contribution in [0.1, 0.15) is 43.8 Å². The molecule has 0 aromatic carbocycles. The Morgan fingerprint density at radius 1 is 1.53 bits per heavy atom. The van der Waals surface area contributed by atoms with Crippen molar-refractivity contribution in [3.8, 4) is 0 Å². The lowest BCUT2D eigenvalue weighted by Crippen LogP contribution is -2.24. The van der Waals surface area contributed by atoms with Gasteiger partial charge in [0.1, 0.15) is 0 Å². The van der Waals surface area contributed by atoms with E-state index in [0.717, 1.165) is 25.0 Å². The molecule has 2 atom stereocenters. The van der Waals surface area contributed by atoms with Crippen LogP contribution in [-0.4, -0.2) is 34.8 Å². The van der Waals surface area contributed by atoms with E-state index < -0.39 is 0 Å². The van der Waals surface area contributed by atoms with Crippen molar-refractivity contribution in [2.24, 2.45) is 5.73 Å². The molecule has 0 radical (unpaired) electrons. The van der Waals surface area contributed by atoms with Gasteiger partial charge in [-0.1, -0.05) is 5.21 Å². The lowest BCUT2D eigenvalue weighted by molar-refractivity contribution is 0.0504. The molecule has 1 fully saturated rings. The fourth-order valence-electron chi connectivity index (χ4n) is 2.46. The van der Waals surface area contributed by atoms with Crippen LogP contribution in [0.2, 0.25) is 0 Å². The van der Waals surface area contributed by atoms with Gasteiger partial charge in [0.05, 0.1) is 17.8 Å². The zero-order chi connectivity index (χ0) is 12.1. The summed E-state index contributed by atoms with van der Waals surface area (Å²) < 4.78 is 7.45. The quantitative estimate of drug-likeness (QED) is 0.839. The second kappa shape index (κ2) is 6.12. The first-order valence-electron chi connectivity index (χ1n) is 6.47.